The van der Waals surface area contributed by atoms with E-state index < -0.39 is 23.8 Å². The van der Waals surface area contributed by atoms with Crippen LogP contribution >= 0.6 is 0 Å². The van der Waals surface area contributed by atoms with E-state index in [1.807, 2.05) is 12.1 Å². The van der Waals surface area contributed by atoms with Crippen molar-refractivity contribution < 1.29 is 29.4 Å². The molecule has 178 valence electrons. The zero-order valence-corrected chi connectivity index (χ0v) is 18.4. The third kappa shape index (κ3) is 9.86. The summed E-state index contributed by atoms with van der Waals surface area (Å²) in [5.41, 5.74) is 6.92. The number of amides is 2. The van der Waals surface area contributed by atoms with Gasteiger partial charge in [-0.25, -0.2) is 10.9 Å². The number of hydrogen-bond acceptors (Lipinski definition) is 6. The summed E-state index contributed by atoms with van der Waals surface area (Å²) >= 11 is 0. The van der Waals surface area contributed by atoms with Crippen molar-refractivity contribution in [2.75, 3.05) is 0 Å². The zero-order valence-electron chi connectivity index (χ0n) is 18.4. The molecule has 34 heavy (non-hydrogen) atoms. The molecule has 10 heteroatoms. The molecule has 10 nitrogen and oxygen atoms in total. The van der Waals surface area contributed by atoms with Crippen molar-refractivity contribution in [1.82, 2.24) is 10.9 Å². The Balaban J connectivity index is 1.92. The van der Waals surface area contributed by atoms with Gasteiger partial charge in [-0.15, -0.1) is 0 Å². The van der Waals surface area contributed by atoms with E-state index in [1.54, 1.807) is 48.5 Å². The molecule has 4 N–H and O–H groups in total. The first-order chi connectivity index (χ1) is 16.3. The normalized spacial score (nSPS) is 11.5. The fourth-order valence-corrected chi connectivity index (χ4v) is 2.84. The van der Waals surface area contributed by atoms with Crippen LogP contribution in [0.1, 0.15) is 49.7 Å². The fourth-order valence-electron chi connectivity index (χ4n) is 2.84. The van der Waals surface area contributed by atoms with Crippen LogP contribution in [0.3, 0.4) is 0 Å². The number of benzene rings is 2. The van der Waals surface area contributed by atoms with Crippen LogP contribution in [0.4, 0.5) is 0 Å². The molecule has 0 heterocycles. The van der Waals surface area contributed by atoms with Gasteiger partial charge >= 0.3 is 11.9 Å². The van der Waals surface area contributed by atoms with Gasteiger partial charge in [0.1, 0.15) is 0 Å². The second-order valence-electron chi connectivity index (χ2n) is 7.21. The van der Waals surface area contributed by atoms with E-state index in [-0.39, 0.29) is 38.5 Å². The highest BCUT2D eigenvalue weighted by Crippen LogP contribution is 2.08. The summed E-state index contributed by atoms with van der Waals surface area (Å²) in [6, 6.07) is 17.7. The van der Waals surface area contributed by atoms with Gasteiger partial charge in [-0.3, -0.25) is 19.2 Å². The summed E-state index contributed by atoms with van der Waals surface area (Å²) in [4.78, 5) is 46.1. The number of carboxylic acids is 2. The molecule has 0 saturated carbocycles. The smallest absolute Gasteiger partial charge is 0.303 e. The monoisotopic (exact) mass is 466 g/mol. The van der Waals surface area contributed by atoms with E-state index in [1.165, 1.54) is 0 Å². The Labute approximate surface area is 196 Å². The molecule has 0 unspecified atom stereocenters. The molecule has 2 aromatic rings. The van der Waals surface area contributed by atoms with Crippen LogP contribution in [0, 0.1) is 0 Å². The van der Waals surface area contributed by atoms with E-state index in [0.717, 1.165) is 0 Å². The Morgan fingerprint density at radius 1 is 0.559 bits per heavy atom. The Morgan fingerprint density at radius 3 is 1.24 bits per heavy atom. The molecule has 0 aromatic heterocycles. The maximum atomic E-state index is 12.1. The molecule has 0 saturated heterocycles. The van der Waals surface area contributed by atoms with E-state index in [4.69, 9.17) is 10.2 Å². The number of nitrogens with one attached hydrogen (secondary N) is 2. The fraction of sp³-hybridized carbons (Fsp3) is 0.250. The van der Waals surface area contributed by atoms with Crippen LogP contribution in [0.2, 0.25) is 0 Å². The Hall–Kier alpha value is -4.34. The van der Waals surface area contributed by atoms with Crippen LogP contribution in [-0.4, -0.2) is 45.4 Å². The number of aliphatic carboxylic acids is 2. The van der Waals surface area contributed by atoms with E-state index in [2.05, 4.69) is 21.1 Å². The quantitative estimate of drug-likeness (QED) is 0.262. The van der Waals surface area contributed by atoms with Crippen molar-refractivity contribution in [3.8, 4) is 0 Å². The summed E-state index contributed by atoms with van der Waals surface area (Å²) in [5.74, 6) is -3.00. The van der Waals surface area contributed by atoms with Crippen molar-refractivity contribution >= 4 is 35.2 Å². The van der Waals surface area contributed by atoms with Crippen LogP contribution in [0.25, 0.3) is 0 Å². The first-order valence-corrected chi connectivity index (χ1v) is 10.6. The van der Waals surface area contributed by atoms with Crippen LogP contribution < -0.4 is 10.9 Å². The van der Waals surface area contributed by atoms with Gasteiger partial charge in [0.15, 0.2) is 0 Å². The van der Waals surface area contributed by atoms with Crippen molar-refractivity contribution in [3.63, 3.8) is 0 Å². The minimum Gasteiger partial charge on any atom is -0.481 e. The molecule has 0 atom stereocenters. The average molecular weight is 466 g/mol. The summed E-state index contributed by atoms with van der Waals surface area (Å²) in [6.45, 7) is 0. The standard InChI is InChI=1S/C24H26N4O6/c29-21(27-25-19(11-15-23(31)32)17-7-3-1-4-8-17)13-14-22(30)28-26-20(12-16-24(33)34)18-9-5-2-6-10-18/h1-10H,11-16H2,(H,27,29)(H,28,30)(H,31,32)(H,33,34)/b25-19+,26-20+. The molecule has 0 radical (unpaired) electrons. The van der Waals surface area contributed by atoms with E-state index >= 15 is 0 Å². The number of hydrogen-bond donors (Lipinski definition) is 4. The van der Waals surface area contributed by atoms with Gasteiger partial charge in [0.2, 0.25) is 11.8 Å². The minimum atomic E-state index is -0.981. The second-order valence-corrected chi connectivity index (χ2v) is 7.21. The average Bonchev–Trinajstić information content (AvgIpc) is 2.83. The number of carboxylic acid groups (broad SMARTS) is 2. The lowest BCUT2D eigenvalue weighted by atomic mass is 10.1. The van der Waals surface area contributed by atoms with Gasteiger partial charge in [-0.2, -0.15) is 10.2 Å². The first kappa shape index (κ1) is 25.9. The summed E-state index contributed by atoms with van der Waals surface area (Å²) in [6.07, 6.45) is -0.352. The number of carbonyl (C=O) groups excluding carboxylic acids is 2. The number of carbonyl (C=O) groups is 4. The molecule has 2 aromatic carbocycles. The van der Waals surface area contributed by atoms with Crippen molar-refractivity contribution in [2.24, 2.45) is 10.2 Å². The van der Waals surface area contributed by atoms with Gasteiger partial charge in [-0.05, 0) is 11.1 Å². The summed E-state index contributed by atoms with van der Waals surface area (Å²) in [5, 5.41) is 25.9. The third-order valence-electron chi connectivity index (χ3n) is 4.58. The van der Waals surface area contributed by atoms with Gasteiger partial charge in [0.25, 0.3) is 0 Å². The Kier molecular flexibility index (Phi) is 10.6. The highest BCUT2D eigenvalue weighted by atomic mass is 16.4. The highest BCUT2D eigenvalue weighted by Gasteiger charge is 2.11. The number of rotatable bonds is 13. The zero-order chi connectivity index (χ0) is 24.8. The Bertz CT molecular complexity index is 966. The molecule has 0 aliphatic carbocycles. The van der Waals surface area contributed by atoms with Gasteiger partial charge in [0.05, 0.1) is 24.3 Å². The molecule has 2 rings (SSSR count). The molecule has 0 aliphatic heterocycles. The van der Waals surface area contributed by atoms with Crippen molar-refractivity contribution in [2.45, 2.75) is 38.5 Å². The lowest BCUT2D eigenvalue weighted by Gasteiger charge is -2.07. The van der Waals surface area contributed by atoms with Crippen molar-refractivity contribution in [1.29, 1.82) is 0 Å². The maximum absolute atomic E-state index is 12.1. The molecule has 0 spiro atoms. The predicted molar refractivity (Wildman–Crippen MR) is 125 cm³/mol. The third-order valence-corrected chi connectivity index (χ3v) is 4.58. The largest absolute Gasteiger partial charge is 0.481 e. The van der Waals surface area contributed by atoms with Gasteiger partial charge in [0, 0.05) is 25.7 Å². The SMILES string of the molecule is O=C(O)CC/C(=N\NC(=O)CCC(=O)N/N=C(\CCC(=O)O)c1ccccc1)c1ccccc1. The maximum Gasteiger partial charge on any atom is 0.303 e. The van der Waals surface area contributed by atoms with Crippen LogP contribution in [0.5, 0.6) is 0 Å². The Morgan fingerprint density at radius 2 is 0.912 bits per heavy atom. The van der Waals surface area contributed by atoms with E-state index in [9.17, 15) is 19.2 Å². The van der Waals surface area contributed by atoms with Gasteiger partial charge < -0.3 is 10.2 Å². The summed E-state index contributed by atoms with van der Waals surface area (Å²) < 4.78 is 0. The lowest BCUT2D eigenvalue weighted by molar-refractivity contribution is -0.137. The summed E-state index contributed by atoms with van der Waals surface area (Å²) in [7, 11) is 0. The topological polar surface area (TPSA) is 158 Å². The van der Waals surface area contributed by atoms with Crippen LogP contribution in [0.15, 0.2) is 70.9 Å². The number of nitrogens with zero attached hydrogens (tertiary/aromatic N) is 2. The van der Waals surface area contributed by atoms with Crippen molar-refractivity contribution in [3.05, 3.63) is 71.8 Å². The molecule has 2 amide bonds. The van der Waals surface area contributed by atoms with Crippen LogP contribution in [-0.2, 0) is 19.2 Å². The second kappa shape index (κ2) is 13.9. The molecule has 0 aliphatic rings. The molecule has 0 bridgehead atoms. The van der Waals surface area contributed by atoms with E-state index in [0.29, 0.717) is 22.6 Å². The molecular weight excluding hydrogens is 440 g/mol. The molecule has 0 fully saturated rings. The highest BCUT2D eigenvalue weighted by molar-refractivity contribution is 6.03. The predicted octanol–water partition coefficient (Wildman–Crippen LogP) is 2.54. The lowest BCUT2D eigenvalue weighted by Crippen LogP contribution is -2.25. The minimum absolute atomic E-state index is 0.132. The van der Waals surface area contributed by atoms with Gasteiger partial charge in [-0.1, -0.05) is 60.7 Å². The molecular formula is C24H26N4O6. The number of hydrazone groups is 2. The first-order valence-electron chi connectivity index (χ1n) is 10.6.